The SMILES string of the molecule is CC(=O)Nc1nc2ncc(I)cc2c(=O)[nH]1. The molecule has 0 atom stereocenters. The Morgan fingerprint density at radius 3 is 3.00 bits per heavy atom. The molecule has 0 aliphatic carbocycles. The van der Waals surface area contributed by atoms with Crippen LogP contribution in [0, 0.1) is 3.57 Å². The monoisotopic (exact) mass is 330 g/mol. The number of hydrogen-bond donors (Lipinski definition) is 2. The first kappa shape index (κ1) is 11.0. The summed E-state index contributed by atoms with van der Waals surface area (Å²) in [5, 5.41) is 2.81. The summed E-state index contributed by atoms with van der Waals surface area (Å²) >= 11 is 2.06. The average molecular weight is 330 g/mol. The Labute approximate surface area is 104 Å². The Hall–Kier alpha value is -1.51. The molecule has 82 valence electrons. The molecular formula is C9H7IN4O2. The van der Waals surface area contributed by atoms with E-state index in [1.54, 1.807) is 12.3 Å². The number of aromatic nitrogens is 3. The van der Waals surface area contributed by atoms with Crippen LogP contribution in [0.3, 0.4) is 0 Å². The fourth-order valence-electron chi connectivity index (χ4n) is 1.22. The smallest absolute Gasteiger partial charge is 0.261 e. The summed E-state index contributed by atoms with van der Waals surface area (Å²) in [5.41, 5.74) is -0.00678. The summed E-state index contributed by atoms with van der Waals surface area (Å²) in [6.07, 6.45) is 1.60. The van der Waals surface area contributed by atoms with Crippen molar-refractivity contribution in [2.45, 2.75) is 6.92 Å². The van der Waals surface area contributed by atoms with Crippen molar-refractivity contribution in [3.05, 3.63) is 26.2 Å². The maximum Gasteiger partial charge on any atom is 0.261 e. The number of anilines is 1. The highest BCUT2D eigenvalue weighted by atomic mass is 127. The summed E-state index contributed by atoms with van der Waals surface area (Å²) < 4.78 is 0.852. The maximum atomic E-state index is 11.6. The van der Waals surface area contributed by atoms with E-state index in [9.17, 15) is 9.59 Å². The second-order valence-electron chi connectivity index (χ2n) is 3.12. The third-order valence-corrected chi connectivity index (χ3v) is 2.41. The molecule has 0 fully saturated rings. The van der Waals surface area contributed by atoms with E-state index in [1.165, 1.54) is 6.92 Å². The number of nitrogens with one attached hydrogen (secondary N) is 2. The molecule has 0 bridgehead atoms. The first-order valence-corrected chi connectivity index (χ1v) is 5.47. The van der Waals surface area contributed by atoms with E-state index in [2.05, 4.69) is 42.9 Å². The Balaban J connectivity index is 2.64. The van der Waals surface area contributed by atoms with E-state index < -0.39 is 0 Å². The summed E-state index contributed by atoms with van der Waals surface area (Å²) in [6, 6.07) is 1.69. The van der Waals surface area contributed by atoms with Crippen LogP contribution in [0.1, 0.15) is 6.92 Å². The van der Waals surface area contributed by atoms with Gasteiger partial charge in [-0.2, -0.15) is 4.98 Å². The molecule has 2 aromatic heterocycles. The van der Waals surface area contributed by atoms with Crippen LogP contribution in [0.4, 0.5) is 5.95 Å². The second kappa shape index (κ2) is 4.16. The zero-order valence-corrected chi connectivity index (χ0v) is 10.4. The van der Waals surface area contributed by atoms with Crippen LogP contribution in [0.15, 0.2) is 17.1 Å². The van der Waals surface area contributed by atoms with E-state index in [0.717, 1.165) is 3.57 Å². The van der Waals surface area contributed by atoms with Gasteiger partial charge >= 0.3 is 0 Å². The van der Waals surface area contributed by atoms with E-state index in [1.807, 2.05) is 0 Å². The van der Waals surface area contributed by atoms with E-state index in [0.29, 0.717) is 11.0 Å². The molecule has 2 N–H and O–H groups in total. The van der Waals surface area contributed by atoms with Crippen LogP contribution in [0.25, 0.3) is 11.0 Å². The molecule has 1 amide bonds. The quantitative estimate of drug-likeness (QED) is 0.760. The van der Waals surface area contributed by atoms with Gasteiger partial charge in [-0.1, -0.05) is 0 Å². The van der Waals surface area contributed by atoms with Crippen molar-refractivity contribution in [2.24, 2.45) is 0 Å². The number of nitrogens with zero attached hydrogens (tertiary/aromatic N) is 2. The number of amides is 1. The zero-order valence-electron chi connectivity index (χ0n) is 8.24. The first-order chi connectivity index (χ1) is 7.56. The number of rotatable bonds is 1. The van der Waals surface area contributed by atoms with Gasteiger partial charge in [0.1, 0.15) is 0 Å². The Morgan fingerprint density at radius 1 is 1.56 bits per heavy atom. The van der Waals surface area contributed by atoms with Gasteiger partial charge in [-0.15, -0.1) is 0 Å². The number of carbonyl (C=O) groups is 1. The molecule has 6 nitrogen and oxygen atoms in total. The van der Waals surface area contributed by atoms with E-state index in [4.69, 9.17) is 0 Å². The molecule has 0 aromatic carbocycles. The second-order valence-corrected chi connectivity index (χ2v) is 4.37. The number of pyridine rings is 1. The van der Waals surface area contributed by atoms with Gasteiger partial charge in [0.15, 0.2) is 5.65 Å². The summed E-state index contributed by atoms with van der Waals surface area (Å²) in [7, 11) is 0. The van der Waals surface area contributed by atoms with Crippen molar-refractivity contribution in [1.29, 1.82) is 0 Å². The lowest BCUT2D eigenvalue weighted by Crippen LogP contribution is -2.16. The van der Waals surface area contributed by atoms with Crippen molar-refractivity contribution >= 4 is 45.5 Å². The predicted octanol–water partition coefficient (Wildman–Crippen LogP) is 0.881. The molecule has 0 saturated heterocycles. The summed E-state index contributed by atoms with van der Waals surface area (Å²) in [4.78, 5) is 33.0. The minimum atomic E-state index is -0.320. The molecular weight excluding hydrogens is 323 g/mol. The van der Waals surface area contributed by atoms with E-state index >= 15 is 0 Å². The van der Waals surface area contributed by atoms with Crippen molar-refractivity contribution in [2.75, 3.05) is 5.32 Å². The van der Waals surface area contributed by atoms with Crippen LogP contribution < -0.4 is 10.9 Å². The molecule has 0 aliphatic heterocycles. The van der Waals surface area contributed by atoms with E-state index in [-0.39, 0.29) is 17.4 Å². The Kier molecular flexibility index (Phi) is 2.86. The van der Waals surface area contributed by atoms with Crippen molar-refractivity contribution in [3.63, 3.8) is 0 Å². The molecule has 0 radical (unpaired) electrons. The highest BCUT2D eigenvalue weighted by Gasteiger charge is 2.06. The Bertz CT molecular complexity index is 622. The molecule has 2 heterocycles. The third-order valence-electron chi connectivity index (χ3n) is 1.82. The van der Waals surface area contributed by atoms with Gasteiger partial charge in [0.25, 0.3) is 5.56 Å². The third kappa shape index (κ3) is 2.18. The molecule has 16 heavy (non-hydrogen) atoms. The Morgan fingerprint density at radius 2 is 2.31 bits per heavy atom. The highest BCUT2D eigenvalue weighted by molar-refractivity contribution is 14.1. The number of hydrogen-bond acceptors (Lipinski definition) is 4. The van der Waals surface area contributed by atoms with Gasteiger partial charge in [-0.05, 0) is 28.7 Å². The lowest BCUT2D eigenvalue weighted by molar-refractivity contribution is -0.114. The van der Waals surface area contributed by atoms with Gasteiger partial charge in [0, 0.05) is 16.7 Å². The lowest BCUT2D eigenvalue weighted by Gasteiger charge is -2.02. The van der Waals surface area contributed by atoms with Crippen molar-refractivity contribution < 1.29 is 4.79 Å². The normalized spacial score (nSPS) is 10.4. The molecule has 2 rings (SSSR count). The summed E-state index contributed by atoms with van der Waals surface area (Å²) in [6.45, 7) is 1.34. The number of aromatic amines is 1. The van der Waals surface area contributed by atoms with Gasteiger partial charge in [0.2, 0.25) is 11.9 Å². The standard InChI is InChI=1S/C9H7IN4O2/c1-4(15)12-9-13-7-6(8(16)14-9)2-5(10)3-11-7/h2-3H,1H3,(H2,11,12,13,14,15,16). The first-order valence-electron chi connectivity index (χ1n) is 4.39. The molecule has 0 spiro atoms. The lowest BCUT2D eigenvalue weighted by atomic mass is 10.3. The highest BCUT2D eigenvalue weighted by Crippen LogP contribution is 2.10. The average Bonchev–Trinajstić information content (AvgIpc) is 2.18. The number of halogens is 1. The van der Waals surface area contributed by atoms with Gasteiger partial charge in [-0.25, -0.2) is 4.98 Å². The number of carbonyl (C=O) groups excluding carboxylic acids is 1. The molecule has 2 aromatic rings. The topological polar surface area (TPSA) is 87.7 Å². The van der Waals surface area contributed by atoms with Crippen molar-refractivity contribution in [1.82, 2.24) is 15.0 Å². The van der Waals surface area contributed by atoms with Crippen LogP contribution in [-0.4, -0.2) is 20.9 Å². The van der Waals surface area contributed by atoms with Crippen LogP contribution in [0.5, 0.6) is 0 Å². The minimum absolute atomic E-state index is 0.110. The maximum absolute atomic E-state index is 11.6. The minimum Gasteiger partial charge on any atom is -0.296 e. The molecule has 0 unspecified atom stereocenters. The van der Waals surface area contributed by atoms with Crippen LogP contribution in [0.2, 0.25) is 0 Å². The van der Waals surface area contributed by atoms with Crippen LogP contribution >= 0.6 is 22.6 Å². The van der Waals surface area contributed by atoms with Gasteiger partial charge in [0.05, 0.1) is 5.39 Å². The van der Waals surface area contributed by atoms with Crippen LogP contribution in [-0.2, 0) is 4.79 Å². The van der Waals surface area contributed by atoms with Gasteiger partial charge in [-0.3, -0.25) is 19.9 Å². The fourth-order valence-corrected chi connectivity index (χ4v) is 1.67. The molecule has 7 heteroatoms. The molecule has 0 saturated carbocycles. The largest absolute Gasteiger partial charge is 0.296 e. The summed E-state index contributed by atoms with van der Waals surface area (Å²) in [5.74, 6) is -0.188. The number of H-pyrrole nitrogens is 1. The fraction of sp³-hybridized carbons (Fsp3) is 0.111. The van der Waals surface area contributed by atoms with Gasteiger partial charge < -0.3 is 0 Å². The predicted molar refractivity (Wildman–Crippen MR) is 67.2 cm³/mol. The molecule has 0 aliphatic rings. The number of fused-ring (bicyclic) bond motifs is 1. The van der Waals surface area contributed by atoms with Crippen molar-refractivity contribution in [3.8, 4) is 0 Å². The zero-order chi connectivity index (χ0) is 11.7.